The van der Waals surface area contributed by atoms with Crippen LogP contribution in [0.1, 0.15) is 38.2 Å². The standard InChI is InChI=1S/C25H18F3N5O/c1-17-2-4-20(10-19(17)5-3-18-12-30-15-31-13-18)24(34)32-22-7-6-21(14-33-9-8-29-16-33)23(11-22)25(26,27)28/h2,4,6-13,15-16H,14H2,1H3,(H,32,34). The van der Waals surface area contributed by atoms with Gasteiger partial charge < -0.3 is 9.88 Å². The van der Waals surface area contributed by atoms with Crippen molar-refractivity contribution < 1.29 is 18.0 Å². The molecule has 2 heterocycles. The van der Waals surface area contributed by atoms with Gasteiger partial charge in [0.2, 0.25) is 0 Å². The molecule has 1 N–H and O–H groups in total. The number of benzene rings is 2. The minimum Gasteiger partial charge on any atom is -0.333 e. The highest BCUT2D eigenvalue weighted by atomic mass is 19.4. The van der Waals surface area contributed by atoms with E-state index >= 15 is 0 Å². The fourth-order valence-corrected chi connectivity index (χ4v) is 3.24. The van der Waals surface area contributed by atoms with Crippen molar-refractivity contribution in [3.05, 3.63) is 107 Å². The summed E-state index contributed by atoms with van der Waals surface area (Å²) in [6.45, 7) is 1.86. The van der Waals surface area contributed by atoms with Crippen molar-refractivity contribution in [2.45, 2.75) is 19.6 Å². The summed E-state index contributed by atoms with van der Waals surface area (Å²) in [5.41, 5.74) is 1.65. The zero-order valence-electron chi connectivity index (χ0n) is 18.0. The van der Waals surface area contributed by atoms with Crippen molar-refractivity contribution in [3.63, 3.8) is 0 Å². The summed E-state index contributed by atoms with van der Waals surface area (Å²) in [6.07, 6.45) is 4.48. The highest BCUT2D eigenvalue weighted by molar-refractivity contribution is 6.04. The molecule has 2 aromatic heterocycles. The van der Waals surface area contributed by atoms with Gasteiger partial charge in [-0.15, -0.1) is 0 Å². The molecule has 0 saturated heterocycles. The molecule has 1 amide bonds. The maximum absolute atomic E-state index is 13.7. The zero-order chi connectivity index (χ0) is 24.1. The number of nitrogens with zero attached hydrogens (tertiary/aromatic N) is 4. The Morgan fingerprint density at radius 3 is 2.56 bits per heavy atom. The quantitative estimate of drug-likeness (QED) is 0.447. The topological polar surface area (TPSA) is 72.7 Å². The molecule has 0 fully saturated rings. The summed E-state index contributed by atoms with van der Waals surface area (Å²) >= 11 is 0. The fourth-order valence-electron chi connectivity index (χ4n) is 3.24. The van der Waals surface area contributed by atoms with Gasteiger partial charge >= 0.3 is 6.18 Å². The van der Waals surface area contributed by atoms with Crippen LogP contribution in [0.2, 0.25) is 0 Å². The molecule has 4 aromatic rings. The molecule has 0 bridgehead atoms. The van der Waals surface area contributed by atoms with E-state index < -0.39 is 17.6 Å². The molecule has 0 aliphatic rings. The van der Waals surface area contributed by atoms with Gasteiger partial charge in [0.1, 0.15) is 6.33 Å². The van der Waals surface area contributed by atoms with Crippen molar-refractivity contribution in [1.82, 2.24) is 19.5 Å². The molecule has 0 aliphatic heterocycles. The first-order valence-electron chi connectivity index (χ1n) is 10.1. The molecule has 2 aromatic carbocycles. The molecule has 9 heteroatoms. The first-order chi connectivity index (χ1) is 16.3. The molecular formula is C25H18F3N5O. The number of hydrogen-bond acceptors (Lipinski definition) is 4. The van der Waals surface area contributed by atoms with E-state index in [1.54, 1.807) is 41.4 Å². The first kappa shape index (κ1) is 22.7. The van der Waals surface area contributed by atoms with E-state index in [0.29, 0.717) is 11.1 Å². The van der Waals surface area contributed by atoms with Crippen LogP contribution in [0.15, 0.2) is 73.8 Å². The number of hydrogen-bond donors (Lipinski definition) is 1. The van der Waals surface area contributed by atoms with E-state index in [4.69, 9.17) is 0 Å². The number of halogens is 3. The van der Waals surface area contributed by atoms with Crippen LogP contribution in [0.4, 0.5) is 18.9 Å². The van der Waals surface area contributed by atoms with Gasteiger partial charge in [-0.05, 0) is 42.3 Å². The number of rotatable bonds is 4. The third-order valence-electron chi connectivity index (χ3n) is 4.99. The number of nitrogens with one attached hydrogen (secondary N) is 1. The molecular weight excluding hydrogens is 443 g/mol. The summed E-state index contributed by atoms with van der Waals surface area (Å²) in [7, 11) is 0. The van der Waals surface area contributed by atoms with E-state index in [0.717, 1.165) is 11.6 Å². The summed E-state index contributed by atoms with van der Waals surface area (Å²) in [5.74, 6) is 5.37. The highest BCUT2D eigenvalue weighted by Crippen LogP contribution is 2.34. The Morgan fingerprint density at radius 2 is 1.85 bits per heavy atom. The highest BCUT2D eigenvalue weighted by Gasteiger charge is 2.33. The maximum Gasteiger partial charge on any atom is 0.416 e. The third-order valence-corrected chi connectivity index (χ3v) is 4.99. The van der Waals surface area contributed by atoms with Gasteiger partial charge in [0.05, 0.1) is 17.5 Å². The lowest BCUT2D eigenvalue weighted by Gasteiger charge is -2.15. The Labute approximate surface area is 193 Å². The van der Waals surface area contributed by atoms with Gasteiger partial charge in [-0.3, -0.25) is 4.79 Å². The average Bonchev–Trinajstić information content (AvgIpc) is 3.32. The lowest BCUT2D eigenvalue weighted by atomic mass is 10.0. The summed E-state index contributed by atoms with van der Waals surface area (Å²) < 4.78 is 42.6. The predicted molar refractivity (Wildman–Crippen MR) is 120 cm³/mol. The van der Waals surface area contributed by atoms with Gasteiger partial charge in [0.25, 0.3) is 5.91 Å². The Bertz CT molecular complexity index is 1370. The first-order valence-corrected chi connectivity index (χ1v) is 10.1. The van der Waals surface area contributed by atoms with Crippen molar-refractivity contribution in [2.75, 3.05) is 5.32 Å². The molecule has 0 spiro atoms. The van der Waals surface area contributed by atoms with Crippen molar-refractivity contribution in [1.29, 1.82) is 0 Å². The second-order valence-corrected chi connectivity index (χ2v) is 7.47. The fraction of sp³-hybridized carbons (Fsp3) is 0.120. The summed E-state index contributed by atoms with van der Waals surface area (Å²) in [4.78, 5) is 24.4. The van der Waals surface area contributed by atoms with Crippen LogP contribution < -0.4 is 5.32 Å². The lowest BCUT2D eigenvalue weighted by Crippen LogP contribution is -2.15. The molecule has 4 rings (SSSR count). The van der Waals surface area contributed by atoms with Gasteiger partial charge in [0.15, 0.2) is 0 Å². The van der Waals surface area contributed by atoms with Crippen LogP contribution in [0.3, 0.4) is 0 Å². The van der Waals surface area contributed by atoms with Crippen molar-refractivity contribution in [3.8, 4) is 11.8 Å². The number of aromatic nitrogens is 4. The Morgan fingerprint density at radius 1 is 1.06 bits per heavy atom. The Hall–Kier alpha value is -4.45. The normalized spacial score (nSPS) is 10.9. The van der Waals surface area contributed by atoms with Crippen LogP contribution in [0.5, 0.6) is 0 Å². The molecule has 0 radical (unpaired) electrons. The predicted octanol–water partition coefficient (Wildman–Crippen LogP) is 4.70. The van der Waals surface area contributed by atoms with E-state index in [9.17, 15) is 18.0 Å². The number of amides is 1. The largest absolute Gasteiger partial charge is 0.416 e. The van der Waals surface area contributed by atoms with E-state index in [-0.39, 0.29) is 23.4 Å². The van der Waals surface area contributed by atoms with Crippen LogP contribution in [0, 0.1) is 18.8 Å². The monoisotopic (exact) mass is 461 g/mol. The van der Waals surface area contributed by atoms with Crippen LogP contribution in [0.25, 0.3) is 0 Å². The van der Waals surface area contributed by atoms with E-state index in [2.05, 4.69) is 32.1 Å². The average molecular weight is 461 g/mol. The van der Waals surface area contributed by atoms with Crippen molar-refractivity contribution in [2.24, 2.45) is 0 Å². The third kappa shape index (κ3) is 5.48. The van der Waals surface area contributed by atoms with E-state index in [1.807, 2.05) is 6.92 Å². The van der Waals surface area contributed by atoms with E-state index in [1.165, 1.54) is 31.0 Å². The van der Waals surface area contributed by atoms with Gasteiger partial charge in [-0.25, -0.2) is 15.0 Å². The van der Waals surface area contributed by atoms with Crippen LogP contribution >= 0.6 is 0 Å². The van der Waals surface area contributed by atoms with Crippen molar-refractivity contribution >= 4 is 11.6 Å². The summed E-state index contributed by atoms with van der Waals surface area (Å²) in [5, 5.41) is 2.55. The second-order valence-electron chi connectivity index (χ2n) is 7.47. The minimum absolute atomic E-state index is 0.00944. The molecule has 170 valence electrons. The molecule has 34 heavy (non-hydrogen) atoms. The number of carbonyl (C=O) groups is 1. The number of anilines is 1. The Balaban J connectivity index is 1.57. The number of carbonyl (C=O) groups excluding carboxylic acids is 1. The molecule has 0 unspecified atom stereocenters. The molecule has 6 nitrogen and oxygen atoms in total. The number of aryl methyl sites for hydroxylation is 1. The SMILES string of the molecule is Cc1ccc(C(=O)Nc2ccc(Cn3ccnc3)c(C(F)(F)F)c2)cc1C#Cc1cncnc1. The minimum atomic E-state index is -4.58. The van der Waals surface area contributed by atoms with Gasteiger partial charge in [-0.1, -0.05) is 24.0 Å². The maximum atomic E-state index is 13.7. The Kier molecular flexibility index (Phi) is 6.41. The number of alkyl halides is 3. The molecule has 0 aliphatic carbocycles. The number of imidazole rings is 1. The van der Waals surface area contributed by atoms with Crippen LogP contribution in [-0.2, 0) is 12.7 Å². The van der Waals surface area contributed by atoms with Gasteiger partial charge in [-0.2, -0.15) is 13.2 Å². The lowest BCUT2D eigenvalue weighted by molar-refractivity contribution is -0.138. The smallest absolute Gasteiger partial charge is 0.333 e. The zero-order valence-corrected chi connectivity index (χ0v) is 18.0. The second kappa shape index (κ2) is 9.58. The van der Waals surface area contributed by atoms with Crippen LogP contribution in [-0.4, -0.2) is 25.4 Å². The van der Waals surface area contributed by atoms with Gasteiger partial charge in [0, 0.05) is 48.1 Å². The molecule has 0 saturated carbocycles. The summed E-state index contributed by atoms with van der Waals surface area (Å²) in [6, 6.07) is 8.67. The molecule has 0 atom stereocenters.